The number of nitrogens with two attached hydrogens (primary N) is 1. The number of nitrogens with zero attached hydrogens (tertiary/aromatic N) is 6. The van der Waals surface area contributed by atoms with E-state index in [9.17, 15) is 18.0 Å². The van der Waals surface area contributed by atoms with Crippen molar-refractivity contribution < 1.29 is 27.1 Å². The molecule has 13 heteroatoms. The third-order valence-corrected chi connectivity index (χ3v) is 5.73. The van der Waals surface area contributed by atoms with Gasteiger partial charge in [-0.1, -0.05) is 12.5 Å². The SMILES string of the molecule is C=CC(=O)N1CC[C@@H](C#Cc2ncnc(N)c2C(=NC)c2ccc(Oc3nccc(C(F)(F)F)n3)cc2F)C1. The van der Waals surface area contributed by atoms with Crippen LogP contribution in [0, 0.1) is 23.6 Å². The number of aromatic nitrogens is 4. The quantitative estimate of drug-likeness (QED) is 0.228. The summed E-state index contributed by atoms with van der Waals surface area (Å²) in [6.45, 7) is 4.48. The molecule has 9 nitrogen and oxygen atoms in total. The molecule has 1 aliphatic rings. The molecule has 1 aliphatic heterocycles. The van der Waals surface area contributed by atoms with E-state index in [1.807, 2.05) is 0 Å². The van der Waals surface area contributed by atoms with E-state index >= 15 is 4.39 Å². The monoisotopic (exact) mass is 539 g/mol. The molecule has 4 rings (SSSR count). The van der Waals surface area contributed by atoms with Gasteiger partial charge in [-0.25, -0.2) is 19.3 Å². The average Bonchev–Trinajstić information content (AvgIpc) is 3.38. The number of hydrogen-bond donors (Lipinski definition) is 1. The molecule has 39 heavy (non-hydrogen) atoms. The van der Waals surface area contributed by atoms with Gasteiger partial charge >= 0.3 is 12.2 Å². The van der Waals surface area contributed by atoms with E-state index in [0.717, 1.165) is 12.3 Å². The number of anilines is 1. The van der Waals surface area contributed by atoms with Crippen molar-refractivity contribution in [3.63, 3.8) is 0 Å². The lowest BCUT2D eigenvalue weighted by Crippen LogP contribution is -2.26. The van der Waals surface area contributed by atoms with Crippen molar-refractivity contribution >= 4 is 17.4 Å². The Morgan fingerprint density at radius 2 is 2.08 bits per heavy atom. The molecule has 2 aromatic heterocycles. The summed E-state index contributed by atoms with van der Waals surface area (Å²) in [4.78, 5) is 32.8. The number of rotatable bonds is 5. The first-order valence-electron chi connectivity index (χ1n) is 11.5. The summed E-state index contributed by atoms with van der Waals surface area (Å²) in [7, 11) is 1.43. The van der Waals surface area contributed by atoms with E-state index in [1.54, 1.807) is 4.90 Å². The van der Waals surface area contributed by atoms with Crippen LogP contribution in [0.2, 0.25) is 0 Å². The molecule has 1 atom stereocenters. The summed E-state index contributed by atoms with van der Waals surface area (Å²) >= 11 is 0. The first kappa shape index (κ1) is 27.2. The van der Waals surface area contributed by atoms with Gasteiger partial charge in [-0.05, 0) is 36.6 Å². The van der Waals surface area contributed by atoms with Gasteiger partial charge in [0.1, 0.15) is 29.4 Å². The lowest BCUT2D eigenvalue weighted by Gasteiger charge is -2.13. The molecule has 1 saturated heterocycles. The predicted molar refractivity (Wildman–Crippen MR) is 133 cm³/mol. The molecule has 3 heterocycles. The number of aliphatic imine (C=N–C) groups is 1. The molecule has 0 bridgehead atoms. The second-order valence-electron chi connectivity index (χ2n) is 8.26. The summed E-state index contributed by atoms with van der Waals surface area (Å²) in [5, 5.41) is 0. The molecule has 1 aromatic carbocycles. The number of likely N-dealkylation sites (tertiary alicyclic amines) is 1. The van der Waals surface area contributed by atoms with E-state index in [2.05, 4.69) is 43.3 Å². The Balaban J connectivity index is 1.61. The Kier molecular flexibility index (Phi) is 7.85. The lowest BCUT2D eigenvalue weighted by molar-refractivity contribution is -0.141. The summed E-state index contributed by atoms with van der Waals surface area (Å²) in [6.07, 6.45) is -0.663. The molecule has 0 aliphatic carbocycles. The van der Waals surface area contributed by atoms with Gasteiger partial charge in [0.05, 0.1) is 11.3 Å². The highest BCUT2D eigenvalue weighted by Crippen LogP contribution is 2.30. The lowest BCUT2D eigenvalue weighted by atomic mass is 9.99. The Morgan fingerprint density at radius 3 is 2.77 bits per heavy atom. The van der Waals surface area contributed by atoms with Crippen LogP contribution in [-0.2, 0) is 11.0 Å². The zero-order valence-electron chi connectivity index (χ0n) is 20.5. The minimum atomic E-state index is -4.69. The maximum absolute atomic E-state index is 15.2. The molecule has 1 fully saturated rings. The maximum atomic E-state index is 15.2. The number of amides is 1. The zero-order valence-corrected chi connectivity index (χ0v) is 20.5. The third kappa shape index (κ3) is 6.18. The summed E-state index contributed by atoms with van der Waals surface area (Å²) in [5.41, 5.74) is 5.44. The number of benzene rings is 1. The van der Waals surface area contributed by atoms with Crippen LogP contribution >= 0.6 is 0 Å². The fourth-order valence-electron chi connectivity index (χ4n) is 3.88. The van der Waals surface area contributed by atoms with Crippen LogP contribution in [0.4, 0.5) is 23.4 Å². The number of carbonyl (C=O) groups is 1. The van der Waals surface area contributed by atoms with Crippen molar-refractivity contribution in [2.75, 3.05) is 25.9 Å². The maximum Gasteiger partial charge on any atom is 0.433 e. The standard InChI is InChI=1S/C26H21F4N7O2/c1-3-21(38)37-11-9-15(13-37)4-7-19-22(24(31)35-14-34-19)23(32-2)17-6-5-16(12-18(17)27)39-25-33-10-8-20(36-25)26(28,29)30/h3,5-6,8,10,12,14-15H,1,9,11,13H2,2H3,(H2,31,34,35)/t15-/m1/s1. The van der Waals surface area contributed by atoms with Crippen molar-refractivity contribution in [3.05, 3.63) is 77.8 Å². The fourth-order valence-corrected chi connectivity index (χ4v) is 3.88. The number of alkyl halides is 3. The molecule has 3 aromatic rings. The molecular formula is C26H21F4N7O2. The van der Waals surface area contributed by atoms with E-state index < -0.39 is 23.7 Å². The molecule has 200 valence electrons. The van der Waals surface area contributed by atoms with E-state index in [1.165, 1.54) is 31.6 Å². The van der Waals surface area contributed by atoms with Crippen LogP contribution in [0.3, 0.4) is 0 Å². The topological polar surface area (TPSA) is 119 Å². The average molecular weight is 539 g/mol. The summed E-state index contributed by atoms with van der Waals surface area (Å²) in [5.74, 6) is 4.84. The molecule has 1 amide bonds. The number of hydrogen-bond acceptors (Lipinski definition) is 8. The largest absolute Gasteiger partial charge is 0.433 e. The van der Waals surface area contributed by atoms with Gasteiger partial charge in [-0.2, -0.15) is 18.2 Å². The van der Waals surface area contributed by atoms with Crippen molar-refractivity contribution in [1.29, 1.82) is 0 Å². The van der Waals surface area contributed by atoms with Gasteiger partial charge in [0.15, 0.2) is 5.69 Å². The molecule has 2 N–H and O–H groups in total. The molecule has 0 unspecified atom stereocenters. The Hall–Kier alpha value is -4.86. The molecule has 0 saturated carbocycles. The normalized spacial score (nSPS) is 15.5. The molecule has 0 spiro atoms. The number of halogens is 4. The highest BCUT2D eigenvalue weighted by molar-refractivity contribution is 6.16. The Labute approximate surface area is 220 Å². The smallest absolute Gasteiger partial charge is 0.424 e. The second-order valence-corrected chi connectivity index (χ2v) is 8.26. The Morgan fingerprint density at radius 1 is 1.28 bits per heavy atom. The minimum Gasteiger partial charge on any atom is -0.424 e. The van der Waals surface area contributed by atoms with Gasteiger partial charge in [0, 0.05) is 43.9 Å². The van der Waals surface area contributed by atoms with E-state index in [0.29, 0.717) is 25.6 Å². The van der Waals surface area contributed by atoms with Gasteiger partial charge in [0.2, 0.25) is 5.91 Å². The number of nitrogen functional groups attached to an aromatic ring is 1. The van der Waals surface area contributed by atoms with Crippen LogP contribution in [0.15, 0.2) is 54.4 Å². The van der Waals surface area contributed by atoms with E-state index in [-0.39, 0.29) is 45.9 Å². The Bertz CT molecular complexity index is 1510. The highest BCUT2D eigenvalue weighted by Gasteiger charge is 2.33. The zero-order chi connectivity index (χ0) is 28.2. The van der Waals surface area contributed by atoms with Crippen LogP contribution in [0.5, 0.6) is 11.8 Å². The summed E-state index contributed by atoms with van der Waals surface area (Å²) in [6, 6.07) is 3.69. The van der Waals surface area contributed by atoms with Crippen LogP contribution < -0.4 is 10.5 Å². The van der Waals surface area contributed by atoms with Crippen molar-refractivity contribution in [2.45, 2.75) is 12.6 Å². The van der Waals surface area contributed by atoms with Crippen LogP contribution in [0.1, 0.15) is 28.9 Å². The van der Waals surface area contributed by atoms with Gasteiger partial charge in [0.25, 0.3) is 0 Å². The highest BCUT2D eigenvalue weighted by atomic mass is 19.4. The van der Waals surface area contributed by atoms with Gasteiger partial charge in [-0.15, -0.1) is 0 Å². The third-order valence-electron chi connectivity index (χ3n) is 5.73. The van der Waals surface area contributed by atoms with Crippen molar-refractivity contribution in [3.8, 4) is 23.6 Å². The second kappa shape index (κ2) is 11.3. The van der Waals surface area contributed by atoms with Crippen LogP contribution in [-0.4, -0.2) is 56.6 Å². The van der Waals surface area contributed by atoms with Gasteiger partial charge in [-0.3, -0.25) is 9.79 Å². The fraction of sp³-hybridized carbons (Fsp3) is 0.231. The number of carbonyl (C=O) groups excluding carboxylic acids is 1. The molecular weight excluding hydrogens is 518 g/mol. The first-order chi connectivity index (χ1) is 18.6. The summed E-state index contributed by atoms with van der Waals surface area (Å²) < 4.78 is 59.2. The van der Waals surface area contributed by atoms with Crippen LogP contribution in [0.25, 0.3) is 0 Å². The predicted octanol–water partition coefficient (Wildman–Crippen LogP) is 3.65. The first-order valence-corrected chi connectivity index (χ1v) is 11.5. The van der Waals surface area contributed by atoms with Crippen molar-refractivity contribution in [1.82, 2.24) is 24.8 Å². The van der Waals surface area contributed by atoms with E-state index in [4.69, 9.17) is 10.5 Å². The van der Waals surface area contributed by atoms with Gasteiger partial charge < -0.3 is 15.4 Å². The molecule has 0 radical (unpaired) electrons. The van der Waals surface area contributed by atoms with Crippen molar-refractivity contribution in [2.24, 2.45) is 10.9 Å². The number of ether oxygens (including phenoxy) is 1. The minimum absolute atomic E-state index is 0.00276.